The molecule has 0 aliphatic rings. The van der Waals surface area contributed by atoms with E-state index in [4.69, 9.17) is 25.8 Å². The molecule has 1 rings (SSSR count). The Morgan fingerprint density at radius 1 is 1.18 bits per heavy atom. The van der Waals surface area contributed by atoms with Crippen molar-refractivity contribution < 1.29 is 28.6 Å². The molecule has 0 aliphatic carbocycles. The van der Waals surface area contributed by atoms with Crippen molar-refractivity contribution in [1.82, 2.24) is 10.6 Å². The number of halogens is 1. The zero-order valence-electron chi connectivity index (χ0n) is 16.8. The summed E-state index contributed by atoms with van der Waals surface area (Å²) in [5.74, 6) is -1.06. The second-order valence-corrected chi connectivity index (χ2v) is 6.72. The molecule has 28 heavy (non-hydrogen) atoms. The van der Waals surface area contributed by atoms with E-state index in [0.29, 0.717) is 12.3 Å². The lowest BCUT2D eigenvalue weighted by Gasteiger charge is -2.16. The number of amides is 2. The molecule has 1 aromatic carbocycles. The van der Waals surface area contributed by atoms with Crippen molar-refractivity contribution in [2.45, 2.75) is 46.3 Å². The lowest BCUT2D eigenvalue weighted by Crippen LogP contribution is -2.46. The highest BCUT2D eigenvalue weighted by atomic mass is 35.5. The van der Waals surface area contributed by atoms with Gasteiger partial charge in [0, 0.05) is 6.54 Å². The number of carbonyl (C=O) groups is 3. The van der Waals surface area contributed by atoms with Crippen LogP contribution in [0.4, 0.5) is 0 Å². The van der Waals surface area contributed by atoms with Crippen LogP contribution in [0.15, 0.2) is 12.1 Å². The minimum atomic E-state index is -0.755. The minimum absolute atomic E-state index is 0.111. The van der Waals surface area contributed by atoms with Crippen LogP contribution in [0, 0.1) is 0 Å². The van der Waals surface area contributed by atoms with Gasteiger partial charge in [0.15, 0.2) is 18.1 Å². The Morgan fingerprint density at radius 2 is 1.86 bits per heavy atom. The number of carbonyl (C=O) groups excluding carboxylic acids is 3. The van der Waals surface area contributed by atoms with Crippen molar-refractivity contribution in [3.8, 4) is 11.5 Å². The number of hydrogen-bond acceptors (Lipinski definition) is 6. The molecule has 0 aromatic heterocycles. The van der Waals surface area contributed by atoms with Crippen LogP contribution in [-0.4, -0.2) is 50.2 Å². The molecular weight excluding hydrogens is 388 g/mol. The Bertz CT molecular complexity index is 708. The number of esters is 1. The fourth-order valence-electron chi connectivity index (χ4n) is 2.15. The zero-order valence-corrected chi connectivity index (χ0v) is 17.5. The number of nitrogens with one attached hydrogen (secondary N) is 2. The van der Waals surface area contributed by atoms with Crippen LogP contribution in [0.5, 0.6) is 11.5 Å². The average Bonchev–Trinajstić information content (AvgIpc) is 2.64. The van der Waals surface area contributed by atoms with Gasteiger partial charge in [0.25, 0.3) is 5.91 Å². The summed E-state index contributed by atoms with van der Waals surface area (Å²) >= 11 is 6.17. The Labute approximate surface area is 169 Å². The summed E-state index contributed by atoms with van der Waals surface area (Å²) in [4.78, 5) is 35.9. The zero-order chi connectivity index (χ0) is 21.3. The molecule has 1 aromatic rings. The van der Waals surface area contributed by atoms with Crippen LogP contribution in [0.2, 0.25) is 5.02 Å². The molecule has 0 spiro atoms. The highest BCUT2D eigenvalue weighted by molar-refractivity contribution is 6.32. The first-order chi connectivity index (χ1) is 13.2. The fraction of sp³-hybridized carbons (Fsp3) is 0.526. The lowest BCUT2D eigenvalue weighted by atomic mass is 10.2. The highest BCUT2D eigenvalue weighted by Gasteiger charge is 2.20. The highest BCUT2D eigenvalue weighted by Crippen LogP contribution is 2.37. The molecular formula is C19H27ClN2O6. The first-order valence-electron chi connectivity index (χ1n) is 8.97. The fourth-order valence-corrected chi connectivity index (χ4v) is 2.41. The summed E-state index contributed by atoms with van der Waals surface area (Å²) in [6.07, 6.45) is 0.654. The number of methoxy groups -OCH3 is 1. The van der Waals surface area contributed by atoms with Crippen LogP contribution in [0.1, 0.15) is 44.5 Å². The standard InChI is InChI=1S/C19H27ClN2O6/c1-6-7-21-18(24)12(4)22-16(23)10-27-19(25)13-8-14(20)17(28-11(2)3)15(9-13)26-5/h8-9,11-12H,6-7,10H2,1-5H3,(H,21,24)(H,22,23)/t12-/m1/s1. The maximum Gasteiger partial charge on any atom is 0.338 e. The monoisotopic (exact) mass is 414 g/mol. The molecule has 9 heteroatoms. The first-order valence-corrected chi connectivity index (χ1v) is 9.35. The maximum atomic E-state index is 12.2. The van der Waals surface area contributed by atoms with E-state index in [1.165, 1.54) is 19.2 Å². The van der Waals surface area contributed by atoms with Crippen molar-refractivity contribution in [3.63, 3.8) is 0 Å². The second kappa shape index (κ2) is 11.4. The Hall–Kier alpha value is -2.48. The van der Waals surface area contributed by atoms with E-state index in [-0.39, 0.29) is 28.3 Å². The van der Waals surface area contributed by atoms with E-state index in [0.717, 1.165) is 6.42 Å². The third kappa shape index (κ3) is 7.26. The Balaban J connectivity index is 2.69. The maximum absolute atomic E-state index is 12.2. The number of hydrogen-bond donors (Lipinski definition) is 2. The Kier molecular flexibility index (Phi) is 9.58. The topological polar surface area (TPSA) is 103 Å². The van der Waals surface area contributed by atoms with Crippen LogP contribution < -0.4 is 20.1 Å². The van der Waals surface area contributed by atoms with Gasteiger partial charge in [0.1, 0.15) is 6.04 Å². The largest absolute Gasteiger partial charge is 0.493 e. The summed E-state index contributed by atoms with van der Waals surface area (Å²) in [7, 11) is 1.42. The first kappa shape index (κ1) is 23.6. The molecule has 2 amide bonds. The van der Waals surface area contributed by atoms with Crippen molar-refractivity contribution in [2.75, 3.05) is 20.3 Å². The minimum Gasteiger partial charge on any atom is -0.493 e. The molecule has 156 valence electrons. The predicted molar refractivity (Wildman–Crippen MR) is 105 cm³/mol. The molecule has 0 saturated carbocycles. The van der Waals surface area contributed by atoms with Gasteiger partial charge < -0.3 is 24.8 Å². The van der Waals surface area contributed by atoms with Crippen LogP contribution in [-0.2, 0) is 14.3 Å². The summed E-state index contributed by atoms with van der Waals surface area (Å²) < 4.78 is 15.8. The van der Waals surface area contributed by atoms with E-state index in [9.17, 15) is 14.4 Å². The summed E-state index contributed by atoms with van der Waals surface area (Å²) in [5, 5.41) is 5.31. The van der Waals surface area contributed by atoms with Crippen molar-refractivity contribution in [1.29, 1.82) is 0 Å². The van der Waals surface area contributed by atoms with E-state index < -0.39 is 24.5 Å². The molecule has 0 bridgehead atoms. The molecule has 0 radical (unpaired) electrons. The second-order valence-electron chi connectivity index (χ2n) is 6.31. The molecule has 1 atom stereocenters. The molecule has 0 heterocycles. The van der Waals surface area contributed by atoms with Crippen LogP contribution in [0.3, 0.4) is 0 Å². The van der Waals surface area contributed by atoms with Gasteiger partial charge >= 0.3 is 5.97 Å². The third-order valence-corrected chi connectivity index (χ3v) is 3.75. The Morgan fingerprint density at radius 3 is 2.43 bits per heavy atom. The van der Waals surface area contributed by atoms with Gasteiger partial charge in [-0.3, -0.25) is 9.59 Å². The van der Waals surface area contributed by atoms with Gasteiger partial charge in [0.05, 0.1) is 23.8 Å². The molecule has 0 fully saturated rings. The van der Waals surface area contributed by atoms with Crippen LogP contribution >= 0.6 is 11.6 Å². The van der Waals surface area contributed by atoms with Gasteiger partial charge in [-0.2, -0.15) is 0 Å². The van der Waals surface area contributed by atoms with Gasteiger partial charge in [-0.1, -0.05) is 18.5 Å². The average molecular weight is 415 g/mol. The van der Waals surface area contributed by atoms with E-state index in [1.807, 2.05) is 20.8 Å². The van der Waals surface area contributed by atoms with Gasteiger partial charge in [0.2, 0.25) is 5.91 Å². The molecule has 2 N–H and O–H groups in total. The van der Waals surface area contributed by atoms with Crippen LogP contribution in [0.25, 0.3) is 0 Å². The van der Waals surface area contributed by atoms with Gasteiger partial charge in [-0.05, 0) is 39.3 Å². The summed E-state index contributed by atoms with van der Waals surface area (Å²) in [6.45, 7) is 7.12. The summed E-state index contributed by atoms with van der Waals surface area (Å²) in [5.41, 5.74) is 0.111. The smallest absolute Gasteiger partial charge is 0.338 e. The molecule has 0 unspecified atom stereocenters. The molecule has 0 aliphatic heterocycles. The number of ether oxygens (including phenoxy) is 3. The lowest BCUT2D eigenvalue weighted by molar-refractivity contribution is -0.130. The quantitative estimate of drug-likeness (QED) is 0.569. The van der Waals surface area contributed by atoms with Gasteiger partial charge in [-0.25, -0.2) is 4.79 Å². The van der Waals surface area contributed by atoms with Gasteiger partial charge in [-0.15, -0.1) is 0 Å². The van der Waals surface area contributed by atoms with E-state index in [2.05, 4.69) is 10.6 Å². The number of benzene rings is 1. The van der Waals surface area contributed by atoms with E-state index >= 15 is 0 Å². The third-order valence-electron chi connectivity index (χ3n) is 3.47. The predicted octanol–water partition coefficient (Wildman–Crippen LogP) is 2.32. The van der Waals surface area contributed by atoms with E-state index in [1.54, 1.807) is 6.92 Å². The molecule has 8 nitrogen and oxygen atoms in total. The van der Waals surface area contributed by atoms with Crippen molar-refractivity contribution in [2.24, 2.45) is 0 Å². The normalized spacial score (nSPS) is 11.5. The SMILES string of the molecule is CCCNC(=O)[C@@H](C)NC(=O)COC(=O)c1cc(Cl)c(OC(C)C)c(OC)c1. The van der Waals surface area contributed by atoms with Crippen molar-refractivity contribution >= 4 is 29.4 Å². The molecule has 0 saturated heterocycles. The van der Waals surface area contributed by atoms with Crippen molar-refractivity contribution in [3.05, 3.63) is 22.7 Å². The summed E-state index contributed by atoms with van der Waals surface area (Å²) in [6, 6.07) is 2.06. The number of rotatable bonds is 10.